The highest BCUT2D eigenvalue weighted by Gasteiger charge is 2.26. The van der Waals surface area contributed by atoms with E-state index in [-0.39, 0.29) is 0 Å². The third-order valence-corrected chi connectivity index (χ3v) is 3.97. The third kappa shape index (κ3) is 3.00. The van der Waals surface area contributed by atoms with Crippen LogP contribution in [-0.2, 0) is 19.4 Å². The zero-order chi connectivity index (χ0) is 14.0. The van der Waals surface area contributed by atoms with Crippen molar-refractivity contribution in [2.75, 3.05) is 27.2 Å². The summed E-state index contributed by atoms with van der Waals surface area (Å²) in [4.78, 5) is 7.15. The number of hydrogen-bond acceptors (Lipinski definition) is 3. The standard InChI is InChI=1S/C15H28N4/c1-6-15-17-12-9-16-8-7-13(12)19(15)14(11(2)3)10-18(4)5/h11,14,16H,6-10H2,1-5H3. The van der Waals surface area contributed by atoms with Crippen LogP contribution in [-0.4, -0.2) is 41.6 Å². The van der Waals surface area contributed by atoms with Crippen LogP contribution in [0.25, 0.3) is 0 Å². The molecule has 0 fully saturated rings. The van der Waals surface area contributed by atoms with Crippen molar-refractivity contribution in [3.8, 4) is 0 Å². The molecule has 2 heterocycles. The lowest BCUT2D eigenvalue weighted by Crippen LogP contribution is -2.32. The molecule has 0 radical (unpaired) electrons. The quantitative estimate of drug-likeness (QED) is 0.881. The third-order valence-electron chi connectivity index (χ3n) is 3.97. The fraction of sp³-hybridized carbons (Fsp3) is 0.800. The molecule has 0 spiro atoms. The van der Waals surface area contributed by atoms with E-state index in [9.17, 15) is 0 Å². The normalized spacial score (nSPS) is 17.0. The molecular formula is C15H28N4. The van der Waals surface area contributed by atoms with Gasteiger partial charge in [-0.3, -0.25) is 0 Å². The number of rotatable bonds is 5. The van der Waals surface area contributed by atoms with Gasteiger partial charge in [0.2, 0.25) is 0 Å². The van der Waals surface area contributed by atoms with E-state index in [2.05, 4.69) is 49.7 Å². The fourth-order valence-corrected chi connectivity index (χ4v) is 2.99. The Morgan fingerprint density at radius 3 is 2.68 bits per heavy atom. The molecule has 0 aromatic carbocycles. The molecule has 0 amide bonds. The molecule has 1 atom stereocenters. The minimum absolute atomic E-state index is 0.527. The van der Waals surface area contributed by atoms with Gasteiger partial charge in [0.15, 0.2) is 0 Å². The molecule has 4 heteroatoms. The van der Waals surface area contributed by atoms with E-state index in [1.165, 1.54) is 17.2 Å². The number of aryl methyl sites for hydroxylation is 1. The van der Waals surface area contributed by atoms with Crippen molar-refractivity contribution in [2.24, 2.45) is 5.92 Å². The number of nitrogens with zero attached hydrogens (tertiary/aromatic N) is 3. The Bertz CT molecular complexity index is 420. The Balaban J connectivity index is 2.42. The van der Waals surface area contributed by atoms with E-state index >= 15 is 0 Å². The predicted molar refractivity (Wildman–Crippen MR) is 79.4 cm³/mol. The van der Waals surface area contributed by atoms with Crippen LogP contribution in [0.5, 0.6) is 0 Å². The predicted octanol–water partition coefficient (Wildman–Crippen LogP) is 1.85. The molecule has 0 bridgehead atoms. The zero-order valence-electron chi connectivity index (χ0n) is 13.0. The van der Waals surface area contributed by atoms with E-state index < -0.39 is 0 Å². The van der Waals surface area contributed by atoms with Gasteiger partial charge < -0.3 is 14.8 Å². The summed E-state index contributed by atoms with van der Waals surface area (Å²) >= 11 is 0. The van der Waals surface area contributed by atoms with Gasteiger partial charge in [-0.15, -0.1) is 0 Å². The first kappa shape index (κ1) is 14.5. The molecule has 108 valence electrons. The van der Waals surface area contributed by atoms with Crippen molar-refractivity contribution in [1.29, 1.82) is 0 Å². The van der Waals surface area contributed by atoms with Crippen LogP contribution in [0.4, 0.5) is 0 Å². The number of likely N-dealkylation sites (N-methyl/N-ethyl adjacent to an activating group) is 1. The number of nitrogens with one attached hydrogen (secondary N) is 1. The van der Waals surface area contributed by atoms with Crippen LogP contribution >= 0.6 is 0 Å². The van der Waals surface area contributed by atoms with E-state index in [0.29, 0.717) is 12.0 Å². The maximum atomic E-state index is 4.86. The molecule has 0 saturated heterocycles. The van der Waals surface area contributed by atoms with E-state index in [0.717, 1.165) is 32.5 Å². The largest absolute Gasteiger partial charge is 0.327 e. The SMILES string of the molecule is CCc1nc2c(n1C(CN(C)C)C(C)C)CCNC2. The second-order valence-corrected chi connectivity index (χ2v) is 6.15. The number of aromatic nitrogens is 2. The highest BCUT2D eigenvalue weighted by molar-refractivity contribution is 5.21. The van der Waals surface area contributed by atoms with E-state index in [1.54, 1.807) is 0 Å². The Hall–Kier alpha value is -0.870. The van der Waals surface area contributed by atoms with Gasteiger partial charge >= 0.3 is 0 Å². The minimum Gasteiger partial charge on any atom is -0.327 e. The van der Waals surface area contributed by atoms with Crippen LogP contribution in [0.3, 0.4) is 0 Å². The first-order valence-electron chi connectivity index (χ1n) is 7.48. The van der Waals surface area contributed by atoms with Gasteiger partial charge in [-0.05, 0) is 20.0 Å². The molecule has 1 aromatic rings. The number of fused-ring (bicyclic) bond motifs is 1. The summed E-state index contributed by atoms with van der Waals surface area (Å²) < 4.78 is 2.54. The van der Waals surface area contributed by atoms with Crippen LogP contribution in [0.15, 0.2) is 0 Å². The van der Waals surface area contributed by atoms with Crippen molar-refractivity contribution in [3.63, 3.8) is 0 Å². The van der Waals surface area contributed by atoms with Gasteiger partial charge in [0, 0.05) is 38.2 Å². The molecule has 19 heavy (non-hydrogen) atoms. The molecule has 1 N–H and O–H groups in total. The summed E-state index contributed by atoms with van der Waals surface area (Å²) in [5, 5.41) is 3.43. The van der Waals surface area contributed by atoms with Crippen molar-refractivity contribution in [2.45, 2.75) is 46.2 Å². The highest BCUT2D eigenvalue weighted by atomic mass is 15.2. The van der Waals surface area contributed by atoms with Gasteiger partial charge in [-0.2, -0.15) is 0 Å². The number of hydrogen-bond donors (Lipinski definition) is 1. The maximum Gasteiger partial charge on any atom is 0.109 e. The Labute approximate surface area is 117 Å². The maximum absolute atomic E-state index is 4.86. The van der Waals surface area contributed by atoms with Crippen molar-refractivity contribution in [1.82, 2.24) is 19.8 Å². The molecule has 1 aliphatic rings. The molecule has 0 aliphatic carbocycles. The topological polar surface area (TPSA) is 33.1 Å². The average molecular weight is 264 g/mol. The second-order valence-electron chi connectivity index (χ2n) is 6.15. The lowest BCUT2D eigenvalue weighted by atomic mass is 10.0. The van der Waals surface area contributed by atoms with Crippen molar-refractivity contribution < 1.29 is 0 Å². The van der Waals surface area contributed by atoms with E-state index in [1.807, 2.05) is 0 Å². The zero-order valence-corrected chi connectivity index (χ0v) is 13.0. The average Bonchev–Trinajstić information content (AvgIpc) is 2.73. The highest BCUT2D eigenvalue weighted by Crippen LogP contribution is 2.27. The first-order chi connectivity index (χ1) is 9.04. The van der Waals surface area contributed by atoms with Gasteiger partial charge in [-0.1, -0.05) is 20.8 Å². The van der Waals surface area contributed by atoms with E-state index in [4.69, 9.17) is 4.98 Å². The molecule has 0 saturated carbocycles. The molecule has 1 unspecified atom stereocenters. The smallest absolute Gasteiger partial charge is 0.109 e. The summed E-state index contributed by atoms with van der Waals surface area (Å²) in [7, 11) is 4.32. The monoisotopic (exact) mass is 264 g/mol. The summed E-state index contributed by atoms with van der Waals surface area (Å²) in [6.07, 6.45) is 2.13. The lowest BCUT2D eigenvalue weighted by molar-refractivity contribution is 0.260. The van der Waals surface area contributed by atoms with Gasteiger partial charge in [0.1, 0.15) is 5.82 Å². The number of imidazole rings is 1. The lowest BCUT2D eigenvalue weighted by Gasteiger charge is -2.30. The van der Waals surface area contributed by atoms with Crippen LogP contribution in [0.2, 0.25) is 0 Å². The van der Waals surface area contributed by atoms with Crippen LogP contribution in [0.1, 0.15) is 44.0 Å². The first-order valence-corrected chi connectivity index (χ1v) is 7.48. The van der Waals surface area contributed by atoms with Crippen LogP contribution < -0.4 is 5.32 Å². The molecular weight excluding hydrogens is 236 g/mol. The van der Waals surface area contributed by atoms with Crippen molar-refractivity contribution in [3.05, 3.63) is 17.2 Å². The second kappa shape index (κ2) is 6.06. The Morgan fingerprint density at radius 2 is 2.11 bits per heavy atom. The summed E-state index contributed by atoms with van der Waals surface area (Å²) in [5.41, 5.74) is 2.74. The van der Waals surface area contributed by atoms with Crippen molar-refractivity contribution >= 4 is 0 Å². The molecule has 4 nitrogen and oxygen atoms in total. The Morgan fingerprint density at radius 1 is 1.37 bits per heavy atom. The molecule has 1 aromatic heterocycles. The molecule has 2 rings (SSSR count). The fourth-order valence-electron chi connectivity index (χ4n) is 2.99. The van der Waals surface area contributed by atoms with Crippen LogP contribution in [0, 0.1) is 5.92 Å². The minimum atomic E-state index is 0.527. The van der Waals surface area contributed by atoms with Gasteiger partial charge in [0.25, 0.3) is 0 Å². The summed E-state index contributed by atoms with van der Waals surface area (Å²) in [6, 6.07) is 0.527. The summed E-state index contributed by atoms with van der Waals surface area (Å²) in [5.74, 6) is 1.88. The van der Waals surface area contributed by atoms with Gasteiger partial charge in [0.05, 0.1) is 11.7 Å². The Kier molecular flexibility index (Phi) is 4.63. The molecule has 1 aliphatic heterocycles. The van der Waals surface area contributed by atoms with Gasteiger partial charge in [-0.25, -0.2) is 4.98 Å². The summed E-state index contributed by atoms with van der Waals surface area (Å²) in [6.45, 7) is 9.95.